The molecule has 0 heterocycles. The molecule has 0 bridgehead atoms. The second kappa shape index (κ2) is 3.41. The fraction of sp³-hybridized carbons (Fsp3) is 1.00. The predicted molar refractivity (Wildman–Crippen MR) is 29.6 cm³/mol. The average molecular weight is 168 g/mol. The van der Waals surface area contributed by atoms with Crippen LogP contribution in [0.25, 0.3) is 0 Å². The van der Waals surface area contributed by atoms with Crippen LogP contribution in [0.15, 0.2) is 0 Å². The van der Waals surface area contributed by atoms with Gasteiger partial charge in [-0.05, 0) is 13.8 Å². The first-order valence-corrected chi connectivity index (χ1v) is 3.00. The Balaban J connectivity index is 2.95. The van der Waals surface area contributed by atoms with E-state index in [2.05, 4.69) is 20.7 Å². The number of hydrogen-bond acceptors (Lipinski definition) is 1. The molecule has 43 valence electrons. The van der Waals surface area contributed by atoms with Crippen LogP contribution < -0.4 is 0 Å². The van der Waals surface area contributed by atoms with Crippen LogP contribution in [0.2, 0.25) is 0 Å². The Morgan fingerprint density at radius 1 is 1.57 bits per heavy atom. The van der Waals surface area contributed by atoms with Gasteiger partial charge >= 0.3 is 0 Å². The molecule has 0 aromatic heterocycles. The molecule has 0 aliphatic carbocycles. The van der Waals surface area contributed by atoms with Gasteiger partial charge in [-0.1, -0.05) is 15.9 Å². The van der Waals surface area contributed by atoms with Crippen molar-refractivity contribution in [2.45, 2.75) is 25.2 Å². The smallest absolute Gasteiger partial charge is 0.189 e. The second-order valence-corrected chi connectivity index (χ2v) is 2.54. The molecular formula is C4H8BrO2. The Hall–Kier alpha value is 0.400. The van der Waals surface area contributed by atoms with Crippen LogP contribution in [0.5, 0.6) is 0 Å². The summed E-state index contributed by atoms with van der Waals surface area (Å²) in [5.41, 5.74) is 0. The molecule has 7 heavy (non-hydrogen) atoms. The minimum Gasteiger partial charge on any atom is -0.336 e. The van der Waals surface area contributed by atoms with E-state index >= 15 is 0 Å². The van der Waals surface area contributed by atoms with Crippen LogP contribution in [-0.2, 0) is 9.84 Å². The largest absolute Gasteiger partial charge is 0.336 e. The van der Waals surface area contributed by atoms with Crippen molar-refractivity contribution >= 4 is 15.9 Å². The molecule has 0 N–H and O–H groups in total. The molecule has 1 radical (unpaired) electrons. The highest BCUT2D eigenvalue weighted by atomic mass is 79.9. The molecule has 0 rings (SSSR count). The van der Waals surface area contributed by atoms with Crippen LogP contribution in [0, 0.1) is 0 Å². The molecule has 0 spiro atoms. The molecule has 2 nitrogen and oxygen atoms in total. The lowest BCUT2D eigenvalue weighted by Crippen LogP contribution is -2.08. The van der Waals surface area contributed by atoms with Crippen molar-refractivity contribution in [3.8, 4) is 0 Å². The third-order valence-corrected chi connectivity index (χ3v) is 0.595. The Morgan fingerprint density at radius 3 is 2.00 bits per heavy atom. The van der Waals surface area contributed by atoms with Gasteiger partial charge in [0.25, 0.3) is 0 Å². The second-order valence-electron chi connectivity index (χ2n) is 1.25. The maximum Gasteiger partial charge on any atom is 0.189 e. The third-order valence-electron chi connectivity index (χ3n) is 0.379. The van der Waals surface area contributed by atoms with Crippen LogP contribution in [0.3, 0.4) is 0 Å². The van der Waals surface area contributed by atoms with Gasteiger partial charge in [0.15, 0.2) is 6.29 Å². The van der Waals surface area contributed by atoms with E-state index in [1.807, 2.05) is 0 Å². The van der Waals surface area contributed by atoms with Crippen molar-refractivity contribution < 1.29 is 9.84 Å². The summed E-state index contributed by atoms with van der Waals surface area (Å²) in [4.78, 5) is 0. The molecular weight excluding hydrogens is 160 g/mol. The highest BCUT2D eigenvalue weighted by Crippen LogP contribution is 2.01. The van der Waals surface area contributed by atoms with Gasteiger partial charge in [-0.15, -0.1) is 0 Å². The van der Waals surface area contributed by atoms with Gasteiger partial charge in [0, 0.05) is 0 Å². The Kier molecular flexibility index (Phi) is 3.60. The number of alkyl halides is 1. The zero-order valence-corrected chi connectivity index (χ0v) is 5.94. The van der Waals surface area contributed by atoms with E-state index < -0.39 is 6.29 Å². The molecule has 0 aromatic rings. The van der Waals surface area contributed by atoms with Crippen LogP contribution in [-0.4, -0.2) is 11.3 Å². The molecule has 0 amide bonds. The normalized spacial score (nSPS) is 18.9. The summed E-state index contributed by atoms with van der Waals surface area (Å²) < 4.78 is 4.61. The zero-order chi connectivity index (χ0) is 5.86. The third kappa shape index (κ3) is 6.40. The van der Waals surface area contributed by atoms with Gasteiger partial charge in [-0.2, -0.15) is 0 Å². The van der Waals surface area contributed by atoms with Crippen molar-refractivity contribution in [1.82, 2.24) is 0 Å². The topological polar surface area (TPSA) is 29.1 Å². The van der Waals surface area contributed by atoms with E-state index in [1.165, 1.54) is 6.92 Å². The van der Waals surface area contributed by atoms with Gasteiger partial charge in [0.05, 0.1) is 0 Å². The molecule has 0 saturated heterocycles. The zero-order valence-electron chi connectivity index (χ0n) is 4.35. The minimum atomic E-state index is -0.922. The van der Waals surface area contributed by atoms with E-state index in [1.54, 1.807) is 6.92 Å². The molecule has 2 unspecified atom stereocenters. The quantitative estimate of drug-likeness (QED) is 0.453. The van der Waals surface area contributed by atoms with E-state index in [4.69, 9.17) is 0 Å². The Morgan fingerprint density at radius 2 is 2.00 bits per heavy atom. The number of hydrogen-bond donors (Lipinski definition) is 0. The van der Waals surface area contributed by atoms with Crippen molar-refractivity contribution in [1.29, 1.82) is 0 Å². The van der Waals surface area contributed by atoms with Crippen molar-refractivity contribution in [3.63, 3.8) is 0 Å². The molecule has 0 saturated carbocycles. The lowest BCUT2D eigenvalue weighted by Gasteiger charge is -2.04. The van der Waals surface area contributed by atoms with Crippen LogP contribution >= 0.6 is 15.9 Å². The standard InChI is InChI=1S/C4H8BrO2/c1-3(5)7-4(2)6/h3-4H,1-2H3. The SMILES string of the molecule is CC([O])OC(C)Br. The van der Waals surface area contributed by atoms with Gasteiger partial charge in [-0.25, -0.2) is 5.11 Å². The fourth-order valence-electron chi connectivity index (χ4n) is 0.264. The van der Waals surface area contributed by atoms with Gasteiger partial charge < -0.3 is 4.74 Å². The molecule has 0 aliphatic rings. The van der Waals surface area contributed by atoms with Crippen LogP contribution in [0.4, 0.5) is 0 Å². The summed E-state index contributed by atoms with van der Waals surface area (Å²) in [5, 5.41) is 9.96. The fourth-order valence-corrected chi connectivity index (χ4v) is 0.568. The van der Waals surface area contributed by atoms with E-state index in [-0.39, 0.29) is 5.01 Å². The molecule has 0 aliphatic heterocycles. The average Bonchev–Trinajstić information content (AvgIpc) is 1.27. The lowest BCUT2D eigenvalue weighted by molar-refractivity contribution is -0.130. The van der Waals surface area contributed by atoms with Gasteiger partial charge in [0.1, 0.15) is 5.01 Å². The van der Waals surface area contributed by atoms with Gasteiger partial charge in [-0.3, -0.25) is 0 Å². The minimum absolute atomic E-state index is 0.125. The summed E-state index contributed by atoms with van der Waals surface area (Å²) in [6.45, 7) is 3.21. The predicted octanol–water partition coefficient (Wildman–Crippen LogP) is 1.52. The van der Waals surface area contributed by atoms with Crippen molar-refractivity contribution in [2.75, 3.05) is 0 Å². The maximum absolute atomic E-state index is 10.1. The summed E-state index contributed by atoms with van der Waals surface area (Å²) in [6.07, 6.45) is -0.922. The monoisotopic (exact) mass is 167 g/mol. The van der Waals surface area contributed by atoms with E-state index in [0.717, 1.165) is 0 Å². The number of rotatable bonds is 2. The summed E-state index contributed by atoms with van der Waals surface area (Å²) in [6, 6.07) is 0. The van der Waals surface area contributed by atoms with Crippen LogP contribution in [0.1, 0.15) is 13.8 Å². The maximum atomic E-state index is 10.1. The Labute approximate surface area is 51.6 Å². The molecule has 0 fully saturated rings. The lowest BCUT2D eigenvalue weighted by atomic mass is 10.7. The first kappa shape index (κ1) is 7.40. The van der Waals surface area contributed by atoms with Crippen molar-refractivity contribution in [3.05, 3.63) is 0 Å². The summed E-state index contributed by atoms with van der Waals surface area (Å²) >= 11 is 3.05. The van der Waals surface area contributed by atoms with Gasteiger partial charge in [0.2, 0.25) is 0 Å². The molecule has 0 aromatic carbocycles. The number of halogens is 1. The summed E-state index contributed by atoms with van der Waals surface area (Å²) in [7, 11) is 0. The highest BCUT2D eigenvalue weighted by Gasteiger charge is 1.99. The van der Waals surface area contributed by atoms with E-state index in [9.17, 15) is 5.11 Å². The number of ether oxygens (including phenoxy) is 1. The summed E-state index contributed by atoms with van der Waals surface area (Å²) in [5.74, 6) is 0. The van der Waals surface area contributed by atoms with E-state index in [0.29, 0.717) is 0 Å². The molecule has 2 atom stereocenters. The first-order chi connectivity index (χ1) is 3.13. The highest BCUT2D eigenvalue weighted by molar-refractivity contribution is 9.09. The first-order valence-electron chi connectivity index (χ1n) is 2.08. The van der Waals surface area contributed by atoms with Crippen molar-refractivity contribution in [2.24, 2.45) is 0 Å². The Bertz CT molecular complexity index is 39.0. The molecule has 3 heteroatoms.